The van der Waals surface area contributed by atoms with Gasteiger partial charge >= 0.3 is 0 Å². The Balaban J connectivity index is 1.77. The molecule has 1 N–H and O–H groups in total. The number of carbonyl (C=O) groups excluding carboxylic acids is 1. The summed E-state index contributed by atoms with van der Waals surface area (Å²) in [6, 6.07) is 0. The Morgan fingerprint density at radius 1 is 1.31 bits per heavy atom. The van der Waals surface area contributed by atoms with Crippen LogP contribution in [-0.4, -0.2) is 72.9 Å². The van der Waals surface area contributed by atoms with E-state index < -0.39 is 0 Å². The van der Waals surface area contributed by atoms with Crippen LogP contribution >= 0.6 is 0 Å². The van der Waals surface area contributed by atoms with E-state index in [-0.39, 0.29) is 12.0 Å². The lowest BCUT2D eigenvalue weighted by molar-refractivity contribution is -0.137. The van der Waals surface area contributed by atoms with Crippen molar-refractivity contribution in [3.05, 3.63) is 0 Å². The molecule has 2 aliphatic heterocycles. The molecule has 0 spiro atoms. The Morgan fingerprint density at radius 3 is 2.75 bits per heavy atom. The van der Waals surface area contributed by atoms with Crippen LogP contribution in [-0.2, 0) is 9.53 Å². The molecule has 0 aromatic heterocycles. The number of piperidine rings is 1. The largest absolute Gasteiger partial charge is 0.392 e. The summed E-state index contributed by atoms with van der Waals surface area (Å²) in [5.74, 6) is 0.164. The summed E-state index contributed by atoms with van der Waals surface area (Å²) in [6.07, 6.45) is 1.59. The first-order chi connectivity index (χ1) is 7.75. The van der Waals surface area contributed by atoms with Crippen LogP contribution in [0.4, 0.5) is 0 Å². The fourth-order valence-corrected chi connectivity index (χ4v) is 2.28. The van der Waals surface area contributed by atoms with Crippen molar-refractivity contribution in [1.29, 1.82) is 0 Å². The van der Waals surface area contributed by atoms with Crippen LogP contribution in [0.5, 0.6) is 0 Å². The van der Waals surface area contributed by atoms with Crippen LogP contribution in [0.3, 0.4) is 0 Å². The van der Waals surface area contributed by atoms with E-state index in [4.69, 9.17) is 4.74 Å². The number of amides is 1. The molecular formula is C11H20N2O3. The number of carbonyl (C=O) groups is 1. The lowest BCUT2D eigenvalue weighted by atomic mass is 10.1. The lowest BCUT2D eigenvalue weighted by Gasteiger charge is -2.33. The van der Waals surface area contributed by atoms with Crippen molar-refractivity contribution in [2.24, 2.45) is 0 Å². The van der Waals surface area contributed by atoms with Gasteiger partial charge in [-0.2, -0.15) is 0 Å². The molecule has 2 fully saturated rings. The maximum atomic E-state index is 11.9. The minimum Gasteiger partial charge on any atom is -0.392 e. The normalized spacial score (nSPS) is 28.1. The summed E-state index contributed by atoms with van der Waals surface area (Å²) < 4.78 is 5.21. The predicted molar refractivity (Wildman–Crippen MR) is 59.1 cm³/mol. The van der Waals surface area contributed by atoms with Gasteiger partial charge in [0.05, 0.1) is 25.9 Å². The lowest BCUT2D eigenvalue weighted by Crippen LogP contribution is -2.48. The van der Waals surface area contributed by atoms with Gasteiger partial charge in [-0.25, -0.2) is 0 Å². The Morgan fingerprint density at radius 2 is 2.06 bits per heavy atom. The standard InChI is InChI=1S/C11H20N2O3/c14-10-2-1-3-12(8-10)9-11(15)13-4-6-16-7-5-13/h10,14H,1-9H2/t10-/m0/s1. The average Bonchev–Trinajstić information content (AvgIpc) is 2.30. The molecule has 16 heavy (non-hydrogen) atoms. The van der Waals surface area contributed by atoms with Crippen molar-refractivity contribution in [2.45, 2.75) is 18.9 Å². The number of aliphatic hydroxyl groups is 1. The van der Waals surface area contributed by atoms with Crippen LogP contribution in [0.15, 0.2) is 0 Å². The highest BCUT2D eigenvalue weighted by Gasteiger charge is 2.23. The third kappa shape index (κ3) is 3.17. The fraction of sp³-hybridized carbons (Fsp3) is 0.909. The SMILES string of the molecule is O=C(CN1CCC[C@H](O)C1)N1CCOCC1. The number of likely N-dealkylation sites (tertiary alicyclic amines) is 1. The van der Waals surface area contributed by atoms with Crippen molar-refractivity contribution >= 4 is 5.91 Å². The van der Waals surface area contributed by atoms with Gasteiger partial charge in [0.25, 0.3) is 0 Å². The van der Waals surface area contributed by atoms with Crippen molar-refractivity contribution in [2.75, 3.05) is 45.9 Å². The summed E-state index contributed by atoms with van der Waals surface area (Å²) >= 11 is 0. The van der Waals surface area contributed by atoms with E-state index in [1.54, 1.807) is 0 Å². The number of nitrogens with zero attached hydrogens (tertiary/aromatic N) is 2. The second-order valence-electron chi connectivity index (χ2n) is 4.52. The molecule has 2 heterocycles. The van der Waals surface area contributed by atoms with Gasteiger partial charge in [0.15, 0.2) is 0 Å². The second-order valence-corrected chi connectivity index (χ2v) is 4.52. The molecular weight excluding hydrogens is 208 g/mol. The molecule has 5 nitrogen and oxygen atoms in total. The first kappa shape index (κ1) is 11.8. The van der Waals surface area contributed by atoms with Crippen LogP contribution in [0.1, 0.15) is 12.8 Å². The summed E-state index contributed by atoms with van der Waals surface area (Å²) in [4.78, 5) is 15.8. The number of rotatable bonds is 2. The highest BCUT2D eigenvalue weighted by atomic mass is 16.5. The quantitative estimate of drug-likeness (QED) is 0.679. The van der Waals surface area contributed by atoms with E-state index in [0.29, 0.717) is 39.4 Å². The molecule has 0 aromatic rings. The number of aliphatic hydroxyl groups excluding tert-OH is 1. The van der Waals surface area contributed by atoms with Crippen LogP contribution < -0.4 is 0 Å². The number of β-amino-alcohol motifs (C(OH)–C–C–N with tert-alkyl or cyclic N) is 1. The van der Waals surface area contributed by atoms with Gasteiger partial charge in [-0.1, -0.05) is 0 Å². The monoisotopic (exact) mass is 228 g/mol. The Bertz CT molecular complexity index is 241. The van der Waals surface area contributed by atoms with Crippen LogP contribution in [0.2, 0.25) is 0 Å². The predicted octanol–water partition coefficient (Wildman–Crippen LogP) is -0.698. The summed E-state index contributed by atoms with van der Waals surface area (Å²) in [7, 11) is 0. The molecule has 0 radical (unpaired) electrons. The molecule has 0 aliphatic carbocycles. The van der Waals surface area contributed by atoms with Gasteiger partial charge in [-0.3, -0.25) is 9.69 Å². The maximum Gasteiger partial charge on any atom is 0.236 e. The smallest absolute Gasteiger partial charge is 0.236 e. The second kappa shape index (κ2) is 5.61. The van der Waals surface area contributed by atoms with Crippen molar-refractivity contribution in [3.8, 4) is 0 Å². The zero-order chi connectivity index (χ0) is 11.4. The number of hydrogen-bond acceptors (Lipinski definition) is 4. The molecule has 2 aliphatic rings. The van der Waals surface area contributed by atoms with Gasteiger partial charge in [0.2, 0.25) is 5.91 Å². The molecule has 2 saturated heterocycles. The van der Waals surface area contributed by atoms with Gasteiger partial charge in [-0.15, -0.1) is 0 Å². The molecule has 0 saturated carbocycles. The minimum atomic E-state index is -0.258. The Labute approximate surface area is 96.0 Å². The number of hydrogen-bond donors (Lipinski definition) is 1. The highest BCUT2D eigenvalue weighted by molar-refractivity contribution is 5.78. The molecule has 1 amide bonds. The van der Waals surface area contributed by atoms with E-state index >= 15 is 0 Å². The van der Waals surface area contributed by atoms with Crippen molar-refractivity contribution in [3.63, 3.8) is 0 Å². The Kier molecular flexibility index (Phi) is 4.15. The van der Waals surface area contributed by atoms with Crippen LogP contribution in [0.25, 0.3) is 0 Å². The van der Waals surface area contributed by atoms with E-state index in [9.17, 15) is 9.90 Å². The minimum absolute atomic E-state index is 0.164. The van der Waals surface area contributed by atoms with Gasteiger partial charge in [-0.05, 0) is 19.4 Å². The molecule has 2 rings (SSSR count). The van der Waals surface area contributed by atoms with Gasteiger partial charge in [0.1, 0.15) is 0 Å². The summed E-state index contributed by atoms with van der Waals surface area (Å²) in [5.41, 5.74) is 0. The highest BCUT2D eigenvalue weighted by Crippen LogP contribution is 2.10. The number of ether oxygens (including phenoxy) is 1. The first-order valence-electron chi connectivity index (χ1n) is 6.01. The third-order valence-corrected chi connectivity index (χ3v) is 3.20. The molecule has 0 bridgehead atoms. The average molecular weight is 228 g/mol. The van der Waals surface area contributed by atoms with Gasteiger partial charge in [0, 0.05) is 19.6 Å². The van der Waals surface area contributed by atoms with Gasteiger partial charge < -0.3 is 14.7 Å². The van der Waals surface area contributed by atoms with E-state index in [1.165, 1.54) is 0 Å². The zero-order valence-electron chi connectivity index (χ0n) is 9.60. The Hall–Kier alpha value is -0.650. The molecule has 0 unspecified atom stereocenters. The van der Waals surface area contributed by atoms with Crippen molar-refractivity contribution in [1.82, 2.24) is 9.80 Å². The molecule has 92 valence electrons. The maximum absolute atomic E-state index is 11.9. The summed E-state index contributed by atoms with van der Waals surface area (Å²) in [6.45, 7) is 4.70. The number of morpholine rings is 1. The van der Waals surface area contributed by atoms with Crippen LogP contribution in [0, 0.1) is 0 Å². The third-order valence-electron chi connectivity index (χ3n) is 3.20. The van der Waals surface area contributed by atoms with E-state index in [1.807, 2.05) is 9.80 Å². The summed E-state index contributed by atoms with van der Waals surface area (Å²) in [5, 5.41) is 9.52. The first-order valence-corrected chi connectivity index (χ1v) is 6.01. The molecule has 5 heteroatoms. The molecule has 1 atom stereocenters. The fourth-order valence-electron chi connectivity index (χ4n) is 2.28. The van der Waals surface area contributed by atoms with E-state index in [2.05, 4.69) is 0 Å². The van der Waals surface area contributed by atoms with E-state index in [0.717, 1.165) is 19.4 Å². The molecule has 0 aromatic carbocycles. The zero-order valence-corrected chi connectivity index (χ0v) is 9.60. The van der Waals surface area contributed by atoms with Crippen molar-refractivity contribution < 1.29 is 14.6 Å². The topological polar surface area (TPSA) is 53.0 Å².